The van der Waals surface area contributed by atoms with Gasteiger partial charge in [0.15, 0.2) is 5.17 Å². The van der Waals surface area contributed by atoms with Gasteiger partial charge in [0.25, 0.3) is 11.4 Å². The number of benzene rings is 1. The van der Waals surface area contributed by atoms with Gasteiger partial charge < -0.3 is 10.1 Å². The predicted molar refractivity (Wildman–Crippen MR) is 84.6 cm³/mol. The van der Waals surface area contributed by atoms with Crippen molar-refractivity contribution >= 4 is 22.8 Å². The molecule has 2 rings (SSSR count). The summed E-state index contributed by atoms with van der Waals surface area (Å²) in [5.41, 5.74) is -6.33. The van der Waals surface area contributed by atoms with Gasteiger partial charge >= 0.3 is 24.9 Å². The largest absolute Gasteiger partial charge is 0.573 e. The second-order valence-corrected chi connectivity index (χ2v) is 6.89. The number of hydrogen-bond acceptors (Lipinski definition) is 4. The van der Waals surface area contributed by atoms with E-state index in [1.54, 1.807) is 0 Å². The third-order valence-corrected chi connectivity index (χ3v) is 4.70. The first-order chi connectivity index (χ1) is 14.7. The van der Waals surface area contributed by atoms with Crippen LogP contribution in [0.4, 0.5) is 57.1 Å². The molecule has 0 saturated carbocycles. The molecule has 0 spiro atoms. The van der Waals surface area contributed by atoms with Crippen LogP contribution in [-0.2, 0) is 0 Å². The van der Waals surface area contributed by atoms with Crippen molar-refractivity contribution in [3.05, 3.63) is 40.6 Å². The zero-order chi connectivity index (χ0) is 25.6. The summed E-state index contributed by atoms with van der Waals surface area (Å²) in [4.78, 5) is 11.2. The van der Waals surface area contributed by atoms with Crippen LogP contribution in [0.15, 0.2) is 40.0 Å². The highest BCUT2D eigenvalue weighted by Crippen LogP contribution is 2.59. The van der Waals surface area contributed by atoms with Crippen molar-refractivity contribution in [2.75, 3.05) is 0 Å². The van der Waals surface area contributed by atoms with Crippen LogP contribution in [0.2, 0.25) is 0 Å². The van der Waals surface area contributed by atoms with Crippen LogP contribution >= 0.6 is 11.8 Å². The number of thioether (sulfide) groups is 1. The number of nitrogens with one attached hydrogen (secondary N) is 1. The molecule has 1 aromatic carbocycles. The normalized spacial score (nSPS) is 18.6. The van der Waals surface area contributed by atoms with Gasteiger partial charge in [0.1, 0.15) is 5.75 Å². The van der Waals surface area contributed by atoms with Crippen molar-refractivity contribution in [2.24, 2.45) is 4.99 Å². The van der Waals surface area contributed by atoms with E-state index in [-0.39, 0.29) is 0 Å². The molecule has 0 aromatic heterocycles. The molecule has 0 bridgehead atoms. The topological polar surface area (TPSA) is 50.7 Å². The average Bonchev–Trinajstić information content (AvgIpc) is 2.99. The molecular weight excluding hydrogens is 519 g/mol. The van der Waals surface area contributed by atoms with Crippen molar-refractivity contribution in [3.8, 4) is 5.75 Å². The van der Waals surface area contributed by atoms with E-state index in [1.807, 2.05) is 0 Å². The van der Waals surface area contributed by atoms with Gasteiger partial charge in [0, 0.05) is 5.56 Å². The minimum atomic E-state index is -6.61. The molecule has 1 aromatic rings. The number of halogens is 13. The highest BCUT2D eigenvalue weighted by molar-refractivity contribution is 8.17. The van der Waals surface area contributed by atoms with E-state index in [2.05, 4.69) is 9.73 Å². The summed E-state index contributed by atoms with van der Waals surface area (Å²) < 4.78 is 171. The maximum Gasteiger partial charge on any atom is 0.573 e. The molecule has 33 heavy (non-hydrogen) atoms. The Balaban J connectivity index is 2.46. The van der Waals surface area contributed by atoms with E-state index in [1.165, 1.54) is 5.32 Å². The minimum Gasteiger partial charge on any atom is -0.406 e. The molecule has 1 aliphatic rings. The SMILES string of the molecule is O=C(NC1=NC(C(F)(F)F)(C(F)(F)F)/C(=C(\F)C(F)(F)F)S1)c1ccc(OC(F)(F)F)cc1. The first-order valence-electron chi connectivity index (χ1n) is 7.75. The number of carbonyl (C=O) groups excluding carboxylic acids is 1. The third-order valence-electron chi connectivity index (χ3n) is 3.64. The van der Waals surface area contributed by atoms with E-state index in [0.717, 1.165) is 0 Å². The lowest BCUT2D eigenvalue weighted by molar-refractivity contribution is -0.280. The molecular formula is C15H5F13N2O2S. The van der Waals surface area contributed by atoms with Gasteiger partial charge in [-0.15, -0.1) is 13.2 Å². The highest BCUT2D eigenvalue weighted by Gasteiger charge is 2.77. The second-order valence-electron chi connectivity index (χ2n) is 5.89. The Labute approximate surface area is 177 Å². The highest BCUT2D eigenvalue weighted by atomic mass is 32.2. The molecule has 1 amide bonds. The van der Waals surface area contributed by atoms with Crippen LogP contribution < -0.4 is 10.1 Å². The molecule has 0 radical (unpaired) electrons. The van der Waals surface area contributed by atoms with Crippen LogP contribution in [-0.4, -0.2) is 41.5 Å². The summed E-state index contributed by atoms with van der Waals surface area (Å²) >= 11 is -1.07. The van der Waals surface area contributed by atoms with Gasteiger partial charge in [0.2, 0.25) is 5.83 Å². The summed E-state index contributed by atoms with van der Waals surface area (Å²) in [6, 6.07) is 2.31. The number of alkyl halides is 12. The van der Waals surface area contributed by atoms with Crippen molar-refractivity contribution in [1.29, 1.82) is 0 Å². The lowest BCUT2D eigenvalue weighted by Gasteiger charge is -2.31. The molecule has 0 unspecified atom stereocenters. The fourth-order valence-corrected chi connectivity index (χ4v) is 3.45. The number of carbonyl (C=O) groups is 1. The predicted octanol–water partition coefficient (Wildman–Crippen LogP) is 6.02. The summed E-state index contributed by atoms with van der Waals surface area (Å²) in [7, 11) is 0. The Morgan fingerprint density at radius 3 is 1.76 bits per heavy atom. The van der Waals surface area contributed by atoms with Crippen LogP contribution in [0.1, 0.15) is 10.4 Å². The van der Waals surface area contributed by atoms with Gasteiger partial charge in [-0.05, 0) is 24.3 Å². The summed E-state index contributed by atoms with van der Waals surface area (Å²) in [5.74, 6) is -6.16. The van der Waals surface area contributed by atoms with E-state index >= 15 is 0 Å². The van der Waals surface area contributed by atoms with Crippen LogP contribution in [0, 0.1) is 0 Å². The maximum atomic E-state index is 13.6. The maximum absolute atomic E-state index is 13.6. The van der Waals surface area contributed by atoms with Crippen LogP contribution in [0.5, 0.6) is 5.75 Å². The Kier molecular flexibility index (Phi) is 6.67. The fourth-order valence-electron chi connectivity index (χ4n) is 2.30. The quantitative estimate of drug-likeness (QED) is 0.482. The zero-order valence-electron chi connectivity index (χ0n) is 14.9. The average molecular weight is 524 g/mol. The van der Waals surface area contributed by atoms with E-state index < -0.39 is 75.3 Å². The van der Waals surface area contributed by atoms with E-state index in [4.69, 9.17) is 0 Å². The van der Waals surface area contributed by atoms with E-state index in [0.29, 0.717) is 24.3 Å². The molecule has 0 atom stereocenters. The van der Waals surface area contributed by atoms with Crippen molar-refractivity contribution in [2.45, 2.75) is 30.4 Å². The molecule has 184 valence electrons. The first-order valence-corrected chi connectivity index (χ1v) is 8.56. The molecule has 0 saturated heterocycles. The van der Waals surface area contributed by atoms with Gasteiger partial charge in [-0.1, -0.05) is 11.8 Å². The third kappa shape index (κ3) is 5.47. The fraction of sp³-hybridized carbons (Fsp3) is 0.333. The number of aliphatic imine (C=N–C) groups is 1. The number of amides is 1. The smallest absolute Gasteiger partial charge is 0.406 e. The lowest BCUT2D eigenvalue weighted by atomic mass is 9.97. The van der Waals surface area contributed by atoms with Gasteiger partial charge in [-0.25, -0.2) is 9.38 Å². The molecule has 4 nitrogen and oxygen atoms in total. The van der Waals surface area contributed by atoms with Crippen molar-refractivity contribution in [3.63, 3.8) is 0 Å². The van der Waals surface area contributed by atoms with Crippen LogP contribution in [0.25, 0.3) is 0 Å². The summed E-state index contributed by atoms with van der Waals surface area (Å²) in [6.07, 6.45) is -24.6. The van der Waals surface area contributed by atoms with Gasteiger partial charge in [-0.2, -0.15) is 39.5 Å². The van der Waals surface area contributed by atoms with E-state index in [9.17, 15) is 61.9 Å². The Bertz CT molecular complexity index is 958. The van der Waals surface area contributed by atoms with Crippen molar-refractivity contribution in [1.82, 2.24) is 5.32 Å². The van der Waals surface area contributed by atoms with Crippen molar-refractivity contribution < 1.29 is 66.6 Å². The monoisotopic (exact) mass is 524 g/mol. The molecule has 1 aliphatic heterocycles. The molecule has 0 aliphatic carbocycles. The molecule has 1 N–H and O–H groups in total. The molecule has 18 heteroatoms. The number of amidine groups is 1. The molecule has 0 fully saturated rings. The Morgan fingerprint density at radius 1 is 0.879 bits per heavy atom. The zero-order valence-corrected chi connectivity index (χ0v) is 15.7. The Hall–Kier alpha value is -2.66. The number of allylic oxidation sites excluding steroid dienone is 1. The summed E-state index contributed by atoms with van der Waals surface area (Å²) in [6.45, 7) is 0. The van der Waals surface area contributed by atoms with Gasteiger partial charge in [0.05, 0.1) is 4.91 Å². The number of hydrogen-bond donors (Lipinski definition) is 1. The minimum absolute atomic E-state index is 0.552. The summed E-state index contributed by atoms with van der Waals surface area (Å²) in [5, 5.41) is -0.354. The Morgan fingerprint density at radius 2 is 1.36 bits per heavy atom. The number of rotatable bonds is 2. The lowest BCUT2D eigenvalue weighted by Crippen LogP contribution is -2.55. The number of nitrogens with zero attached hydrogens (tertiary/aromatic N) is 1. The molecule has 1 heterocycles. The standard InChI is InChI=1S/C15H5F13N2O2S/c16-7(12(17,18)19)8-11(13(20,21)22,14(23,24)25)30-10(33-8)29-9(31)5-1-3-6(4-2-5)32-15(26,27)28/h1-4H,(H,29,30,31)/b8-7+. The number of ether oxygens (including phenoxy) is 1. The second kappa shape index (κ2) is 8.28. The first kappa shape index (κ1) is 26.6. The van der Waals surface area contributed by atoms with Gasteiger partial charge in [-0.3, -0.25) is 4.79 Å². The van der Waals surface area contributed by atoms with Crippen LogP contribution in [0.3, 0.4) is 0 Å².